The van der Waals surface area contributed by atoms with E-state index in [0.29, 0.717) is 17.6 Å². The molecule has 0 aliphatic heterocycles. The highest BCUT2D eigenvalue weighted by atomic mass is 19.4. The molecule has 0 unspecified atom stereocenters. The molecule has 0 amide bonds. The molecule has 0 atom stereocenters. The maximum Gasteiger partial charge on any atom is 0.409 e. The summed E-state index contributed by atoms with van der Waals surface area (Å²) >= 11 is 0. The van der Waals surface area contributed by atoms with Crippen LogP contribution in [0.15, 0.2) is 30.4 Å². The van der Waals surface area contributed by atoms with Gasteiger partial charge in [0.1, 0.15) is 11.6 Å². The molecule has 1 aliphatic rings. The maximum absolute atomic E-state index is 14.1. The van der Waals surface area contributed by atoms with Gasteiger partial charge in [-0.25, -0.2) is 8.78 Å². The van der Waals surface area contributed by atoms with Crippen LogP contribution < -0.4 is 0 Å². The van der Waals surface area contributed by atoms with Gasteiger partial charge in [0.15, 0.2) is 0 Å². The molecule has 25 heavy (non-hydrogen) atoms. The van der Waals surface area contributed by atoms with Crippen molar-refractivity contribution in [3.05, 3.63) is 53.1 Å². The predicted octanol–water partition coefficient (Wildman–Crippen LogP) is 7.17. The quantitative estimate of drug-likeness (QED) is 0.386. The summed E-state index contributed by atoms with van der Waals surface area (Å²) in [6.45, 7) is 1.99. The van der Waals surface area contributed by atoms with E-state index in [1.807, 2.05) is 13.0 Å². The van der Waals surface area contributed by atoms with Gasteiger partial charge >= 0.3 is 6.18 Å². The van der Waals surface area contributed by atoms with Crippen LogP contribution in [0.3, 0.4) is 0 Å². The van der Waals surface area contributed by atoms with E-state index in [9.17, 15) is 22.0 Å². The van der Waals surface area contributed by atoms with Crippen molar-refractivity contribution in [3.8, 4) is 0 Å². The van der Waals surface area contributed by atoms with Gasteiger partial charge in [0.25, 0.3) is 0 Å². The van der Waals surface area contributed by atoms with E-state index in [0.717, 1.165) is 38.5 Å². The second-order valence-corrected chi connectivity index (χ2v) is 6.64. The predicted molar refractivity (Wildman–Crippen MR) is 90.2 cm³/mol. The maximum atomic E-state index is 14.1. The van der Waals surface area contributed by atoms with Crippen LogP contribution in [0.4, 0.5) is 22.0 Å². The molecule has 0 N–H and O–H groups in total. The standard InChI is InChI=1S/C20H23F5/c1-2-3-4-5-14-6-8-15(9-7-14)16-12-18(21)17(19(22)13-16)10-11-20(23,24)25/h2-3,10-15H,4-9H2,1H3. The van der Waals surface area contributed by atoms with Gasteiger partial charge in [0, 0.05) is 11.6 Å². The average molecular weight is 358 g/mol. The first-order chi connectivity index (χ1) is 11.8. The molecule has 1 aromatic rings. The van der Waals surface area contributed by atoms with Crippen LogP contribution in [-0.2, 0) is 0 Å². The molecule has 0 heterocycles. The lowest BCUT2D eigenvalue weighted by atomic mass is 9.77. The van der Waals surface area contributed by atoms with Crippen LogP contribution >= 0.6 is 0 Å². The molecule has 0 bridgehead atoms. The minimum atomic E-state index is -4.59. The van der Waals surface area contributed by atoms with Crippen LogP contribution in [0.2, 0.25) is 0 Å². The summed E-state index contributed by atoms with van der Waals surface area (Å²) < 4.78 is 64.7. The summed E-state index contributed by atoms with van der Waals surface area (Å²) in [7, 11) is 0. The third kappa shape index (κ3) is 5.98. The van der Waals surface area contributed by atoms with Crippen molar-refractivity contribution in [2.75, 3.05) is 0 Å². The van der Waals surface area contributed by atoms with Crippen LogP contribution in [0.25, 0.3) is 6.08 Å². The fraction of sp³-hybridized carbons (Fsp3) is 0.500. The average Bonchev–Trinajstić information content (AvgIpc) is 2.54. The lowest BCUT2D eigenvalue weighted by molar-refractivity contribution is -0.0790. The van der Waals surface area contributed by atoms with E-state index in [1.165, 1.54) is 12.1 Å². The zero-order valence-electron chi connectivity index (χ0n) is 14.3. The number of hydrogen-bond acceptors (Lipinski definition) is 0. The van der Waals surface area contributed by atoms with Gasteiger partial charge in [-0.05, 0) is 81.1 Å². The lowest BCUT2D eigenvalue weighted by Crippen LogP contribution is -2.14. The Morgan fingerprint density at radius 1 is 1.04 bits per heavy atom. The van der Waals surface area contributed by atoms with Crippen molar-refractivity contribution in [3.63, 3.8) is 0 Å². The van der Waals surface area contributed by atoms with E-state index in [4.69, 9.17) is 0 Å². The van der Waals surface area contributed by atoms with Crippen molar-refractivity contribution in [1.29, 1.82) is 0 Å². The summed E-state index contributed by atoms with van der Waals surface area (Å²) in [5, 5.41) is 0. The monoisotopic (exact) mass is 358 g/mol. The molecule has 2 rings (SSSR count). The van der Waals surface area contributed by atoms with E-state index in [2.05, 4.69) is 6.08 Å². The third-order valence-electron chi connectivity index (χ3n) is 4.84. The van der Waals surface area contributed by atoms with Crippen molar-refractivity contribution in [1.82, 2.24) is 0 Å². The van der Waals surface area contributed by atoms with Gasteiger partial charge in [-0.2, -0.15) is 13.2 Å². The molecule has 1 aliphatic carbocycles. The summed E-state index contributed by atoms with van der Waals surface area (Å²) in [6.07, 6.45) is 5.81. The minimum absolute atomic E-state index is 0.0719. The highest BCUT2D eigenvalue weighted by molar-refractivity contribution is 5.52. The first-order valence-electron chi connectivity index (χ1n) is 8.66. The van der Waals surface area contributed by atoms with Crippen LogP contribution in [0.1, 0.15) is 62.5 Å². The normalized spacial score (nSPS) is 22.2. The van der Waals surface area contributed by atoms with Crippen LogP contribution in [0.5, 0.6) is 0 Å². The Balaban J connectivity index is 2.03. The Morgan fingerprint density at radius 3 is 2.16 bits per heavy atom. The number of alkyl halides is 3. The van der Waals surface area contributed by atoms with Crippen molar-refractivity contribution >= 4 is 6.08 Å². The summed E-state index contributed by atoms with van der Waals surface area (Å²) in [5.74, 6) is -1.17. The Kier molecular flexibility index (Phi) is 6.79. The summed E-state index contributed by atoms with van der Waals surface area (Å²) in [5.41, 5.74) is -0.0906. The van der Waals surface area contributed by atoms with Crippen molar-refractivity contribution in [2.45, 2.75) is 57.5 Å². The van der Waals surface area contributed by atoms with Gasteiger partial charge in [0.2, 0.25) is 0 Å². The largest absolute Gasteiger partial charge is 0.409 e. The van der Waals surface area contributed by atoms with E-state index in [-0.39, 0.29) is 12.0 Å². The molecule has 0 nitrogen and oxygen atoms in total. The van der Waals surface area contributed by atoms with E-state index in [1.54, 1.807) is 0 Å². The topological polar surface area (TPSA) is 0 Å². The molecular formula is C20H23F5. The fourth-order valence-corrected chi connectivity index (χ4v) is 3.46. The highest BCUT2D eigenvalue weighted by Crippen LogP contribution is 2.38. The molecule has 138 valence electrons. The molecule has 0 radical (unpaired) electrons. The first-order valence-corrected chi connectivity index (χ1v) is 8.66. The van der Waals surface area contributed by atoms with Crippen LogP contribution in [0, 0.1) is 17.6 Å². The highest BCUT2D eigenvalue weighted by Gasteiger charge is 2.25. The number of allylic oxidation sites excluding steroid dienone is 3. The third-order valence-corrected chi connectivity index (χ3v) is 4.84. The zero-order valence-corrected chi connectivity index (χ0v) is 14.3. The molecule has 1 saturated carbocycles. The van der Waals surface area contributed by atoms with Crippen molar-refractivity contribution in [2.24, 2.45) is 5.92 Å². The second-order valence-electron chi connectivity index (χ2n) is 6.64. The SMILES string of the molecule is CC=CCCC1CCC(c2cc(F)c(C=CC(F)(F)F)c(F)c2)CC1. The number of hydrogen-bond donors (Lipinski definition) is 0. The zero-order chi connectivity index (χ0) is 18.4. The van der Waals surface area contributed by atoms with Gasteiger partial charge in [-0.1, -0.05) is 12.2 Å². The Bertz CT molecular complexity index is 596. The summed E-state index contributed by atoms with van der Waals surface area (Å²) in [6, 6.07) is 2.37. The molecule has 0 spiro atoms. The van der Waals surface area contributed by atoms with Gasteiger partial charge in [0.05, 0.1) is 0 Å². The number of rotatable bonds is 5. The number of halogens is 5. The van der Waals surface area contributed by atoms with Crippen LogP contribution in [-0.4, -0.2) is 6.18 Å². The van der Waals surface area contributed by atoms with E-state index >= 15 is 0 Å². The Labute approximate surface area is 145 Å². The number of benzene rings is 1. The smallest absolute Gasteiger partial charge is 0.206 e. The first kappa shape index (κ1) is 19.7. The molecule has 5 heteroatoms. The van der Waals surface area contributed by atoms with Crippen molar-refractivity contribution < 1.29 is 22.0 Å². The van der Waals surface area contributed by atoms with Gasteiger partial charge in [-0.15, -0.1) is 0 Å². The Morgan fingerprint density at radius 2 is 1.64 bits per heavy atom. The fourth-order valence-electron chi connectivity index (χ4n) is 3.46. The molecule has 0 aromatic heterocycles. The second kappa shape index (κ2) is 8.63. The molecule has 1 aromatic carbocycles. The van der Waals surface area contributed by atoms with Gasteiger partial charge in [-0.3, -0.25) is 0 Å². The molecule has 0 saturated heterocycles. The molecular weight excluding hydrogens is 335 g/mol. The lowest BCUT2D eigenvalue weighted by Gasteiger charge is -2.28. The Hall–Kier alpha value is -1.65. The summed E-state index contributed by atoms with van der Waals surface area (Å²) in [4.78, 5) is 0. The molecule has 1 fully saturated rings. The van der Waals surface area contributed by atoms with E-state index < -0.39 is 23.4 Å². The minimum Gasteiger partial charge on any atom is -0.206 e. The van der Waals surface area contributed by atoms with Gasteiger partial charge < -0.3 is 0 Å².